The number of aromatic nitrogens is 4. The van der Waals surface area contributed by atoms with Crippen LogP contribution in [0, 0.1) is 0 Å². The van der Waals surface area contributed by atoms with E-state index in [-0.39, 0.29) is 0 Å². The molecule has 0 aromatic carbocycles. The van der Waals surface area contributed by atoms with Gasteiger partial charge in [0.15, 0.2) is 5.65 Å². The van der Waals surface area contributed by atoms with E-state index < -0.39 is 0 Å². The molecule has 4 nitrogen and oxygen atoms in total. The van der Waals surface area contributed by atoms with Crippen LogP contribution in [-0.4, -0.2) is 19.6 Å². The second-order valence-electron chi connectivity index (χ2n) is 1.91. The molecular weight excluding hydrogens is 276 g/mol. The molecule has 0 bridgehead atoms. The molecule has 0 atom stereocenters. The van der Waals surface area contributed by atoms with Gasteiger partial charge in [-0.05, 0) is 31.9 Å². The number of hydrogen-bond acceptors (Lipinski definition) is 3. The van der Waals surface area contributed by atoms with Crippen molar-refractivity contribution in [3.8, 4) is 0 Å². The lowest BCUT2D eigenvalue weighted by Gasteiger charge is -1.91. The van der Waals surface area contributed by atoms with Gasteiger partial charge in [-0.25, -0.2) is 4.98 Å². The molecule has 0 unspecified atom stereocenters. The predicted molar refractivity (Wildman–Crippen MR) is 46.2 cm³/mol. The van der Waals surface area contributed by atoms with Crippen LogP contribution in [-0.2, 0) is 0 Å². The minimum Gasteiger partial charge on any atom is -0.273 e. The van der Waals surface area contributed by atoms with Crippen molar-refractivity contribution in [1.82, 2.24) is 19.6 Å². The molecule has 0 aliphatic heterocycles. The minimum absolute atomic E-state index is 0.676. The van der Waals surface area contributed by atoms with Crippen LogP contribution in [0.2, 0.25) is 0 Å². The molecule has 11 heavy (non-hydrogen) atoms. The molecule has 0 aliphatic carbocycles. The van der Waals surface area contributed by atoms with E-state index >= 15 is 0 Å². The highest BCUT2D eigenvalue weighted by Gasteiger charge is 2.01. The Labute approximate surface area is 78.9 Å². The van der Waals surface area contributed by atoms with Gasteiger partial charge in [0, 0.05) is 6.20 Å². The van der Waals surface area contributed by atoms with E-state index in [0.29, 0.717) is 4.73 Å². The normalized spacial score (nSPS) is 10.7. The maximum absolute atomic E-state index is 3.99. The summed E-state index contributed by atoms with van der Waals surface area (Å²) in [4.78, 5) is 3.99. The Hall–Kier alpha value is -0.490. The molecule has 0 saturated heterocycles. The second kappa shape index (κ2) is 2.53. The zero-order valence-electron chi connectivity index (χ0n) is 5.20. The molecule has 2 aromatic heterocycles. The van der Waals surface area contributed by atoms with Crippen molar-refractivity contribution < 1.29 is 0 Å². The summed E-state index contributed by atoms with van der Waals surface area (Å²) in [6, 6.07) is 0. The van der Waals surface area contributed by atoms with Gasteiger partial charge in [0.2, 0.25) is 4.73 Å². The predicted octanol–water partition coefficient (Wildman–Crippen LogP) is 1.65. The largest absolute Gasteiger partial charge is 0.273 e. The molecule has 2 rings (SSSR count). The summed E-state index contributed by atoms with van der Waals surface area (Å²) in [6.07, 6.45) is 3.43. The molecule has 0 amide bonds. The Morgan fingerprint density at radius 3 is 2.91 bits per heavy atom. The second-order valence-corrected chi connectivity index (χ2v) is 3.43. The van der Waals surface area contributed by atoms with Gasteiger partial charge in [-0.3, -0.25) is 4.40 Å². The third-order valence-corrected chi connectivity index (χ3v) is 2.17. The highest BCUT2D eigenvalue weighted by Crippen LogP contribution is 2.11. The Morgan fingerprint density at radius 2 is 2.09 bits per heavy atom. The summed E-state index contributed by atoms with van der Waals surface area (Å²) in [5.74, 6) is 0. The van der Waals surface area contributed by atoms with Crippen LogP contribution in [0.1, 0.15) is 0 Å². The van der Waals surface area contributed by atoms with E-state index in [0.717, 1.165) is 10.3 Å². The zero-order chi connectivity index (χ0) is 7.84. The molecule has 2 aromatic rings. The van der Waals surface area contributed by atoms with E-state index in [4.69, 9.17) is 0 Å². The highest BCUT2D eigenvalue weighted by atomic mass is 79.9. The number of fused-ring (bicyclic) bond motifs is 1. The lowest BCUT2D eigenvalue weighted by molar-refractivity contribution is 1.04. The summed E-state index contributed by atoms with van der Waals surface area (Å²) in [6.45, 7) is 0. The fourth-order valence-electron chi connectivity index (χ4n) is 0.750. The van der Waals surface area contributed by atoms with Gasteiger partial charge in [-0.2, -0.15) is 0 Å². The molecular formula is C5H2Br2N4. The molecule has 0 spiro atoms. The highest BCUT2D eigenvalue weighted by molar-refractivity contribution is 9.10. The van der Waals surface area contributed by atoms with E-state index in [1.54, 1.807) is 16.8 Å². The topological polar surface area (TPSA) is 43.1 Å². The Balaban J connectivity index is 2.87. The third kappa shape index (κ3) is 1.16. The van der Waals surface area contributed by atoms with Gasteiger partial charge >= 0.3 is 0 Å². The molecule has 2 heterocycles. The number of rotatable bonds is 0. The van der Waals surface area contributed by atoms with E-state index in [9.17, 15) is 0 Å². The van der Waals surface area contributed by atoms with Crippen LogP contribution < -0.4 is 0 Å². The first-order chi connectivity index (χ1) is 5.27. The summed E-state index contributed by atoms with van der Waals surface area (Å²) in [5.41, 5.74) is 0.722. The van der Waals surface area contributed by atoms with Crippen molar-refractivity contribution in [3.63, 3.8) is 0 Å². The quantitative estimate of drug-likeness (QED) is 0.735. The van der Waals surface area contributed by atoms with Crippen LogP contribution in [0.3, 0.4) is 0 Å². The fourth-order valence-corrected chi connectivity index (χ4v) is 1.42. The molecule has 6 heteroatoms. The van der Waals surface area contributed by atoms with Crippen molar-refractivity contribution in [3.05, 3.63) is 21.7 Å². The van der Waals surface area contributed by atoms with Crippen molar-refractivity contribution in [1.29, 1.82) is 0 Å². The first kappa shape index (κ1) is 7.17. The van der Waals surface area contributed by atoms with Gasteiger partial charge in [-0.1, -0.05) is 0 Å². The van der Waals surface area contributed by atoms with Crippen molar-refractivity contribution in [2.24, 2.45) is 0 Å². The van der Waals surface area contributed by atoms with Crippen molar-refractivity contribution in [2.75, 3.05) is 0 Å². The summed E-state index contributed by atoms with van der Waals surface area (Å²) in [7, 11) is 0. The van der Waals surface area contributed by atoms with Gasteiger partial charge in [-0.15, -0.1) is 10.2 Å². The summed E-state index contributed by atoms with van der Waals surface area (Å²) >= 11 is 6.48. The molecule has 0 fully saturated rings. The summed E-state index contributed by atoms with van der Waals surface area (Å²) < 4.78 is 3.22. The number of nitrogens with zero attached hydrogens (tertiary/aromatic N) is 4. The fraction of sp³-hybridized carbons (Fsp3) is 0. The van der Waals surface area contributed by atoms with Crippen LogP contribution in [0.15, 0.2) is 21.7 Å². The van der Waals surface area contributed by atoms with Gasteiger partial charge in [0.25, 0.3) is 0 Å². The van der Waals surface area contributed by atoms with Gasteiger partial charge in [0.05, 0.1) is 6.20 Å². The van der Waals surface area contributed by atoms with Gasteiger partial charge in [0.1, 0.15) is 4.60 Å². The molecule has 56 valence electrons. The third-order valence-electron chi connectivity index (χ3n) is 1.22. The number of hydrogen-bond donors (Lipinski definition) is 0. The first-order valence-electron chi connectivity index (χ1n) is 2.79. The van der Waals surface area contributed by atoms with Crippen LogP contribution in [0.4, 0.5) is 0 Å². The molecule has 0 N–H and O–H groups in total. The van der Waals surface area contributed by atoms with E-state index in [1.807, 2.05) is 0 Å². The first-order valence-corrected chi connectivity index (χ1v) is 4.38. The van der Waals surface area contributed by atoms with Crippen molar-refractivity contribution in [2.45, 2.75) is 0 Å². The lowest BCUT2D eigenvalue weighted by atomic mass is 10.7. The maximum atomic E-state index is 3.99. The summed E-state index contributed by atoms with van der Waals surface area (Å²) in [5, 5.41) is 7.65. The maximum Gasteiger partial charge on any atom is 0.204 e. The van der Waals surface area contributed by atoms with E-state index in [1.165, 1.54) is 0 Å². The SMILES string of the molecule is Brc1cn2c(Br)nnc2cn1. The van der Waals surface area contributed by atoms with Crippen LogP contribution >= 0.6 is 31.9 Å². The van der Waals surface area contributed by atoms with Crippen LogP contribution in [0.25, 0.3) is 5.65 Å². The van der Waals surface area contributed by atoms with Crippen molar-refractivity contribution >= 4 is 37.5 Å². The standard InChI is InChI=1S/C5H2Br2N4/c6-3-2-11-4(1-8-3)9-10-5(11)7/h1-2H. The zero-order valence-corrected chi connectivity index (χ0v) is 8.37. The van der Waals surface area contributed by atoms with Crippen LogP contribution in [0.5, 0.6) is 0 Å². The Bertz CT molecular complexity index is 396. The Morgan fingerprint density at radius 1 is 1.27 bits per heavy atom. The average Bonchev–Trinajstić information content (AvgIpc) is 2.33. The molecule has 0 radical (unpaired) electrons. The monoisotopic (exact) mass is 276 g/mol. The smallest absolute Gasteiger partial charge is 0.204 e. The van der Waals surface area contributed by atoms with Gasteiger partial charge < -0.3 is 0 Å². The average molecular weight is 278 g/mol. The molecule has 0 aliphatic rings. The molecule has 0 saturated carbocycles. The lowest BCUT2D eigenvalue weighted by Crippen LogP contribution is -1.86. The van der Waals surface area contributed by atoms with E-state index in [2.05, 4.69) is 47.0 Å². The number of halogens is 2. The Kier molecular flexibility index (Phi) is 1.65. The minimum atomic E-state index is 0.676.